The highest BCUT2D eigenvalue weighted by atomic mass is 79.9. The molecule has 0 aromatic heterocycles. The Bertz CT molecular complexity index is 690. The molecule has 0 spiro atoms. The van der Waals surface area contributed by atoms with Crippen LogP contribution in [-0.4, -0.2) is 48.7 Å². The summed E-state index contributed by atoms with van der Waals surface area (Å²) in [7, 11) is 1.22. The van der Waals surface area contributed by atoms with E-state index in [0.717, 1.165) is 0 Å². The fourth-order valence-electron chi connectivity index (χ4n) is 2.23. The molecule has 0 aliphatic carbocycles. The van der Waals surface area contributed by atoms with Gasteiger partial charge in [-0.1, -0.05) is 0 Å². The van der Waals surface area contributed by atoms with E-state index in [4.69, 9.17) is 5.11 Å². The van der Waals surface area contributed by atoms with E-state index in [1.165, 1.54) is 18.1 Å². The van der Waals surface area contributed by atoms with Gasteiger partial charge in [0.15, 0.2) is 0 Å². The maximum absolute atomic E-state index is 13.8. The molecule has 0 saturated heterocycles. The number of rotatable bonds is 5. The molecule has 0 saturated carbocycles. The smallest absolute Gasteiger partial charge is 0.337 e. The molecule has 1 aromatic rings. The number of carbonyl (C=O) groups is 2. The Morgan fingerprint density at radius 1 is 1.52 bits per heavy atom. The van der Waals surface area contributed by atoms with Crippen molar-refractivity contribution >= 4 is 33.5 Å². The Morgan fingerprint density at radius 2 is 2.22 bits per heavy atom. The summed E-state index contributed by atoms with van der Waals surface area (Å²) in [5.41, 5.74) is 0.932. The van der Waals surface area contributed by atoms with Crippen molar-refractivity contribution in [1.29, 1.82) is 0 Å². The number of esters is 1. The van der Waals surface area contributed by atoms with E-state index < -0.39 is 17.7 Å². The topological polar surface area (TPSA) is 78.9 Å². The quantitative estimate of drug-likeness (QED) is 0.750. The minimum Gasteiger partial charge on any atom is -0.466 e. The van der Waals surface area contributed by atoms with E-state index in [1.54, 1.807) is 13.0 Å². The molecule has 1 amide bonds. The number of aliphatic hydroxyl groups excluding tert-OH is 1. The molecule has 1 aliphatic heterocycles. The number of hydrogen-bond donors (Lipinski definition) is 2. The van der Waals surface area contributed by atoms with Crippen LogP contribution in [0.5, 0.6) is 0 Å². The van der Waals surface area contributed by atoms with Gasteiger partial charge < -0.3 is 20.1 Å². The highest BCUT2D eigenvalue weighted by Gasteiger charge is 2.34. The number of nitrogens with zero attached hydrogens (tertiary/aromatic N) is 1. The number of aliphatic hydroxyl groups is 1. The van der Waals surface area contributed by atoms with Crippen molar-refractivity contribution in [3.63, 3.8) is 0 Å². The number of amides is 1. The van der Waals surface area contributed by atoms with Crippen molar-refractivity contribution in [2.24, 2.45) is 0 Å². The molecule has 2 N–H and O–H groups in total. The number of carbonyl (C=O) groups excluding carboxylic acids is 2. The second-order valence-electron chi connectivity index (χ2n) is 5.00. The number of methoxy groups -OCH3 is 1. The Balaban J connectivity index is 2.39. The average Bonchev–Trinajstić information content (AvgIpc) is 2.81. The van der Waals surface area contributed by atoms with E-state index in [2.05, 4.69) is 26.0 Å². The van der Waals surface area contributed by atoms with Crippen molar-refractivity contribution in [2.75, 3.05) is 32.1 Å². The standard InChI is InChI=1S/C15H16BrFN2O4/c1-8-5-10(16)12(6-11(8)17)18-13-9(15(22)23-2)7-19(3-4-20)14(13)21/h5-6,18,20H,3-4,7H2,1-2H3. The van der Waals surface area contributed by atoms with Crippen molar-refractivity contribution in [3.05, 3.63) is 39.3 Å². The first-order valence-corrected chi connectivity index (χ1v) is 7.62. The number of benzene rings is 1. The van der Waals surface area contributed by atoms with E-state index in [0.29, 0.717) is 15.7 Å². The second kappa shape index (κ2) is 7.10. The van der Waals surface area contributed by atoms with Gasteiger partial charge in [0.25, 0.3) is 5.91 Å². The zero-order chi connectivity index (χ0) is 17.1. The highest BCUT2D eigenvalue weighted by Crippen LogP contribution is 2.29. The molecule has 1 aromatic carbocycles. The number of halogens is 2. The zero-order valence-electron chi connectivity index (χ0n) is 12.7. The molecule has 124 valence electrons. The summed E-state index contributed by atoms with van der Waals surface area (Å²) in [6.07, 6.45) is 0. The van der Waals surface area contributed by atoms with Gasteiger partial charge in [-0.05, 0) is 40.5 Å². The minimum absolute atomic E-state index is 0.0225. The van der Waals surface area contributed by atoms with Gasteiger partial charge in [0, 0.05) is 11.0 Å². The normalized spacial score (nSPS) is 14.5. The van der Waals surface area contributed by atoms with Crippen LogP contribution >= 0.6 is 15.9 Å². The fourth-order valence-corrected chi connectivity index (χ4v) is 2.78. The van der Waals surface area contributed by atoms with Gasteiger partial charge in [-0.25, -0.2) is 9.18 Å². The number of nitrogens with one attached hydrogen (secondary N) is 1. The van der Waals surface area contributed by atoms with Gasteiger partial charge in [-0.15, -0.1) is 0 Å². The van der Waals surface area contributed by atoms with Crippen LogP contribution in [0.15, 0.2) is 27.9 Å². The largest absolute Gasteiger partial charge is 0.466 e. The Morgan fingerprint density at radius 3 is 2.83 bits per heavy atom. The minimum atomic E-state index is -0.648. The molecular weight excluding hydrogens is 371 g/mol. The van der Waals surface area contributed by atoms with Crippen LogP contribution in [0.1, 0.15) is 5.56 Å². The lowest BCUT2D eigenvalue weighted by molar-refractivity contribution is -0.136. The molecule has 0 bridgehead atoms. The van der Waals surface area contributed by atoms with Gasteiger partial charge in [0.2, 0.25) is 0 Å². The average molecular weight is 387 g/mol. The van der Waals surface area contributed by atoms with E-state index in [1.807, 2.05) is 0 Å². The monoisotopic (exact) mass is 386 g/mol. The summed E-state index contributed by atoms with van der Waals surface area (Å²) in [6, 6.07) is 2.81. The molecule has 1 heterocycles. The number of hydrogen-bond acceptors (Lipinski definition) is 5. The number of anilines is 1. The molecule has 8 heteroatoms. The molecule has 1 aliphatic rings. The van der Waals surface area contributed by atoms with Crippen LogP contribution in [0, 0.1) is 12.7 Å². The van der Waals surface area contributed by atoms with Crippen LogP contribution in [0.3, 0.4) is 0 Å². The third-order valence-electron chi connectivity index (χ3n) is 3.46. The number of ether oxygens (including phenoxy) is 1. The molecule has 0 radical (unpaired) electrons. The van der Waals surface area contributed by atoms with Crippen molar-refractivity contribution < 1.29 is 23.8 Å². The maximum Gasteiger partial charge on any atom is 0.337 e. The molecular formula is C15H16BrFN2O4. The number of aryl methyl sites for hydroxylation is 1. The van der Waals surface area contributed by atoms with Gasteiger partial charge >= 0.3 is 5.97 Å². The first kappa shape index (κ1) is 17.4. The Kier molecular flexibility index (Phi) is 5.38. The predicted molar refractivity (Wildman–Crippen MR) is 85.2 cm³/mol. The summed E-state index contributed by atoms with van der Waals surface area (Å²) in [5.74, 6) is -1.54. The summed E-state index contributed by atoms with van der Waals surface area (Å²) >= 11 is 3.30. The zero-order valence-corrected chi connectivity index (χ0v) is 14.2. The first-order chi connectivity index (χ1) is 10.9. The van der Waals surface area contributed by atoms with Crippen LogP contribution in [-0.2, 0) is 14.3 Å². The molecule has 23 heavy (non-hydrogen) atoms. The molecule has 0 fully saturated rings. The van der Waals surface area contributed by atoms with E-state index in [-0.39, 0.29) is 31.0 Å². The summed E-state index contributed by atoms with van der Waals surface area (Å²) < 4.78 is 19.0. The van der Waals surface area contributed by atoms with Crippen LogP contribution < -0.4 is 5.32 Å². The lowest BCUT2D eigenvalue weighted by Gasteiger charge is -2.15. The third kappa shape index (κ3) is 3.53. The SMILES string of the molecule is COC(=O)C1=C(Nc2cc(F)c(C)cc2Br)C(=O)N(CCO)C1. The van der Waals surface area contributed by atoms with Crippen LogP contribution in [0.4, 0.5) is 10.1 Å². The summed E-state index contributed by atoms with van der Waals surface area (Å²) in [4.78, 5) is 25.6. The van der Waals surface area contributed by atoms with E-state index >= 15 is 0 Å². The van der Waals surface area contributed by atoms with Crippen molar-refractivity contribution in [2.45, 2.75) is 6.92 Å². The molecule has 6 nitrogen and oxygen atoms in total. The first-order valence-electron chi connectivity index (χ1n) is 6.83. The van der Waals surface area contributed by atoms with Crippen LogP contribution in [0.25, 0.3) is 0 Å². The summed E-state index contributed by atoms with van der Waals surface area (Å²) in [5, 5.41) is 11.8. The van der Waals surface area contributed by atoms with E-state index in [9.17, 15) is 14.0 Å². The molecule has 0 unspecified atom stereocenters. The highest BCUT2D eigenvalue weighted by molar-refractivity contribution is 9.10. The lowest BCUT2D eigenvalue weighted by atomic mass is 10.2. The Hall–Kier alpha value is -1.93. The third-order valence-corrected chi connectivity index (χ3v) is 4.12. The predicted octanol–water partition coefficient (Wildman–Crippen LogP) is 1.57. The molecule has 2 rings (SSSR count). The van der Waals surface area contributed by atoms with Crippen molar-refractivity contribution in [1.82, 2.24) is 4.90 Å². The summed E-state index contributed by atoms with van der Waals surface area (Å²) in [6.45, 7) is 1.51. The molecule has 0 atom stereocenters. The van der Waals surface area contributed by atoms with Crippen LogP contribution in [0.2, 0.25) is 0 Å². The van der Waals surface area contributed by atoms with Gasteiger partial charge in [0.05, 0.1) is 31.5 Å². The van der Waals surface area contributed by atoms with Gasteiger partial charge in [-0.2, -0.15) is 0 Å². The van der Waals surface area contributed by atoms with Crippen molar-refractivity contribution in [3.8, 4) is 0 Å². The second-order valence-corrected chi connectivity index (χ2v) is 5.86. The fraction of sp³-hybridized carbons (Fsp3) is 0.333. The number of β-amino-alcohol motifs (C(OH)–C–C–N with tert-alkyl or cyclic N) is 1. The van der Waals surface area contributed by atoms with Gasteiger partial charge in [0.1, 0.15) is 11.5 Å². The lowest BCUT2D eigenvalue weighted by Crippen LogP contribution is -2.31. The van der Waals surface area contributed by atoms with Gasteiger partial charge in [-0.3, -0.25) is 4.79 Å². The maximum atomic E-state index is 13.8. The Labute approximate surface area is 141 Å².